The van der Waals surface area contributed by atoms with Crippen molar-refractivity contribution in [3.8, 4) is 16.2 Å². The molecule has 0 spiro atoms. The quantitative estimate of drug-likeness (QED) is 0.582. The maximum absolute atomic E-state index is 13.1. The van der Waals surface area contributed by atoms with Crippen molar-refractivity contribution in [1.29, 1.82) is 0 Å². The Bertz CT molecular complexity index is 1000. The van der Waals surface area contributed by atoms with Gasteiger partial charge in [0.25, 0.3) is 5.91 Å². The van der Waals surface area contributed by atoms with E-state index in [4.69, 9.17) is 9.47 Å². The van der Waals surface area contributed by atoms with Crippen LogP contribution >= 0.6 is 11.3 Å². The summed E-state index contributed by atoms with van der Waals surface area (Å²) in [6, 6.07) is 16.8. The van der Waals surface area contributed by atoms with E-state index < -0.39 is 18.0 Å². The Morgan fingerprint density at radius 1 is 1.07 bits per heavy atom. The number of thiophene rings is 1. The molecule has 3 rings (SSSR count). The number of hydrogen-bond donors (Lipinski definition) is 1. The predicted molar refractivity (Wildman–Crippen MR) is 109 cm³/mol. The van der Waals surface area contributed by atoms with Gasteiger partial charge in [0, 0.05) is 17.0 Å². The second-order valence-corrected chi connectivity index (χ2v) is 7.33. The molecule has 3 aromatic rings. The minimum Gasteiger partial charge on any atom is -0.496 e. The van der Waals surface area contributed by atoms with Crippen molar-refractivity contribution in [3.63, 3.8) is 0 Å². The lowest BCUT2D eigenvalue weighted by atomic mass is 10.2. The van der Waals surface area contributed by atoms with Gasteiger partial charge in [-0.05, 0) is 42.8 Å². The fourth-order valence-corrected chi connectivity index (χ4v) is 3.56. The van der Waals surface area contributed by atoms with Gasteiger partial charge in [-0.2, -0.15) is 0 Å². The third-order valence-corrected chi connectivity index (χ3v) is 5.35. The van der Waals surface area contributed by atoms with E-state index in [2.05, 4.69) is 5.32 Å². The summed E-state index contributed by atoms with van der Waals surface area (Å²) < 4.78 is 23.6. The Morgan fingerprint density at radius 3 is 2.52 bits per heavy atom. The summed E-state index contributed by atoms with van der Waals surface area (Å²) in [6.45, 7) is 1.78. The van der Waals surface area contributed by atoms with Crippen LogP contribution in [-0.2, 0) is 16.1 Å². The van der Waals surface area contributed by atoms with Gasteiger partial charge in [0.1, 0.15) is 16.4 Å². The van der Waals surface area contributed by atoms with Crippen LogP contribution in [0.5, 0.6) is 5.75 Å². The van der Waals surface area contributed by atoms with Gasteiger partial charge in [-0.15, -0.1) is 11.3 Å². The van der Waals surface area contributed by atoms with Gasteiger partial charge in [-0.3, -0.25) is 4.79 Å². The van der Waals surface area contributed by atoms with Crippen LogP contribution in [0.25, 0.3) is 10.4 Å². The second-order valence-electron chi connectivity index (χ2n) is 6.25. The predicted octanol–water partition coefficient (Wildman–Crippen LogP) is 4.42. The molecule has 1 aromatic heterocycles. The van der Waals surface area contributed by atoms with Crippen LogP contribution in [0.1, 0.15) is 22.2 Å². The maximum Gasteiger partial charge on any atom is 0.349 e. The smallest absolute Gasteiger partial charge is 0.349 e. The molecular weight excluding hydrogens is 393 g/mol. The number of carbonyl (C=O) groups is 2. The Labute approximate surface area is 172 Å². The Balaban J connectivity index is 1.57. The topological polar surface area (TPSA) is 64.6 Å². The lowest BCUT2D eigenvalue weighted by Crippen LogP contribution is -2.35. The first-order valence-electron chi connectivity index (χ1n) is 8.94. The van der Waals surface area contributed by atoms with E-state index in [1.54, 1.807) is 37.4 Å². The molecule has 29 heavy (non-hydrogen) atoms. The number of ether oxygens (including phenoxy) is 2. The van der Waals surface area contributed by atoms with Gasteiger partial charge in [0.15, 0.2) is 6.10 Å². The summed E-state index contributed by atoms with van der Waals surface area (Å²) in [5.74, 6) is -0.634. The number of rotatable bonds is 7. The second kappa shape index (κ2) is 9.34. The van der Waals surface area contributed by atoms with Crippen LogP contribution in [0.15, 0.2) is 60.7 Å². The van der Waals surface area contributed by atoms with Crippen molar-refractivity contribution in [3.05, 3.63) is 76.9 Å². The molecule has 1 amide bonds. The van der Waals surface area contributed by atoms with E-state index in [-0.39, 0.29) is 12.4 Å². The zero-order valence-electron chi connectivity index (χ0n) is 16.0. The number of benzene rings is 2. The molecule has 1 N–H and O–H groups in total. The van der Waals surface area contributed by atoms with Crippen molar-refractivity contribution in [1.82, 2.24) is 5.32 Å². The fraction of sp³-hybridized carbons (Fsp3) is 0.182. The number of amides is 1. The number of carbonyl (C=O) groups excluding carboxylic acids is 2. The van der Waals surface area contributed by atoms with Crippen LogP contribution in [0.3, 0.4) is 0 Å². The maximum atomic E-state index is 13.1. The molecule has 1 heterocycles. The van der Waals surface area contributed by atoms with Crippen LogP contribution < -0.4 is 10.1 Å². The zero-order valence-corrected chi connectivity index (χ0v) is 16.8. The van der Waals surface area contributed by atoms with Crippen molar-refractivity contribution >= 4 is 23.2 Å². The van der Waals surface area contributed by atoms with Crippen LogP contribution in [0, 0.1) is 5.82 Å². The number of para-hydroxylation sites is 1. The molecule has 150 valence electrons. The molecule has 0 bridgehead atoms. The van der Waals surface area contributed by atoms with Gasteiger partial charge >= 0.3 is 5.97 Å². The standard InChI is InChI=1S/C22H20FNO4S/c1-14(21(25)24-13-16-5-3-4-6-18(16)27-2)28-22(26)20-12-11-19(29-20)15-7-9-17(23)10-8-15/h3-12,14H,13H2,1-2H3,(H,24,25)/t14-/m1/s1. The van der Waals surface area contributed by atoms with Crippen molar-refractivity contribution in [2.24, 2.45) is 0 Å². The van der Waals surface area contributed by atoms with Crippen LogP contribution in [-0.4, -0.2) is 25.1 Å². The molecule has 0 saturated carbocycles. The minimum absolute atomic E-state index is 0.262. The van der Waals surface area contributed by atoms with Crippen molar-refractivity contribution < 1.29 is 23.5 Å². The summed E-state index contributed by atoms with van der Waals surface area (Å²) in [4.78, 5) is 25.8. The van der Waals surface area contributed by atoms with Gasteiger partial charge in [-0.25, -0.2) is 9.18 Å². The minimum atomic E-state index is -0.950. The van der Waals surface area contributed by atoms with Crippen LogP contribution in [0.2, 0.25) is 0 Å². The molecule has 0 aliphatic rings. The average molecular weight is 413 g/mol. The summed E-state index contributed by atoms with van der Waals surface area (Å²) >= 11 is 1.22. The highest BCUT2D eigenvalue weighted by molar-refractivity contribution is 7.17. The molecule has 0 aliphatic heterocycles. The van der Waals surface area contributed by atoms with Crippen molar-refractivity contribution in [2.45, 2.75) is 19.6 Å². The molecular formula is C22H20FNO4S. The summed E-state index contributed by atoms with van der Waals surface area (Å²) in [5, 5.41) is 2.74. The third kappa shape index (κ3) is 5.20. The SMILES string of the molecule is COc1ccccc1CNC(=O)[C@@H](C)OC(=O)c1ccc(-c2ccc(F)cc2)s1. The molecule has 0 unspecified atom stereocenters. The number of esters is 1. The first-order chi connectivity index (χ1) is 14.0. The van der Waals surface area contributed by atoms with E-state index in [9.17, 15) is 14.0 Å². The number of nitrogens with one attached hydrogen (secondary N) is 1. The lowest BCUT2D eigenvalue weighted by Gasteiger charge is -2.14. The van der Waals surface area contributed by atoms with Crippen LogP contribution in [0.4, 0.5) is 4.39 Å². The Hall–Kier alpha value is -3.19. The van der Waals surface area contributed by atoms with Gasteiger partial charge < -0.3 is 14.8 Å². The van der Waals surface area contributed by atoms with Gasteiger partial charge in [0.2, 0.25) is 0 Å². The van der Waals surface area contributed by atoms with Gasteiger partial charge in [0.05, 0.1) is 7.11 Å². The summed E-state index contributed by atoms with van der Waals surface area (Å²) in [6.07, 6.45) is -0.950. The number of hydrogen-bond acceptors (Lipinski definition) is 5. The fourth-order valence-electron chi connectivity index (χ4n) is 2.66. The largest absolute Gasteiger partial charge is 0.496 e. The summed E-state index contributed by atoms with van der Waals surface area (Å²) in [7, 11) is 1.56. The lowest BCUT2D eigenvalue weighted by molar-refractivity contribution is -0.129. The third-order valence-electron chi connectivity index (χ3n) is 4.23. The summed E-state index contributed by atoms with van der Waals surface area (Å²) in [5.41, 5.74) is 1.63. The van der Waals surface area contributed by atoms with E-state index in [0.29, 0.717) is 10.6 Å². The molecule has 2 aromatic carbocycles. The number of methoxy groups -OCH3 is 1. The zero-order chi connectivity index (χ0) is 20.8. The number of halogens is 1. The molecule has 0 fully saturated rings. The molecule has 7 heteroatoms. The molecule has 1 atom stereocenters. The van der Waals surface area contributed by atoms with E-state index in [1.165, 1.54) is 30.4 Å². The normalized spacial score (nSPS) is 11.6. The van der Waals surface area contributed by atoms with E-state index >= 15 is 0 Å². The Kier molecular flexibility index (Phi) is 6.61. The average Bonchev–Trinajstić information content (AvgIpc) is 3.23. The highest BCUT2D eigenvalue weighted by atomic mass is 32.1. The first-order valence-corrected chi connectivity index (χ1v) is 9.76. The monoisotopic (exact) mass is 413 g/mol. The van der Waals surface area contributed by atoms with Gasteiger partial charge in [-0.1, -0.05) is 30.3 Å². The van der Waals surface area contributed by atoms with E-state index in [0.717, 1.165) is 16.0 Å². The van der Waals surface area contributed by atoms with E-state index in [1.807, 2.05) is 18.2 Å². The van der Waals surface area contributed by atoms with Crippen molar-refractivity contribution in [2.75, 3.05) is 7.11 Å². The molecule has 0 aliphatic carbocycles. The Morgan fingerprint density at radius 2 is 1.79 bits per heavy atom. The first kappa shape index (κ1) is 20.5. The highest BCUT2D eigenvalue weighted by Gasteiger charge is 2.20. The molecule has 5 nitrogen and oxygen atoms in total. The molecule has 0 radical (unpaired) electrons. The molecule has 0 saturated heterocycles. The highest BCUT2D eigenvalue weighted by Crippen LogP contribution is 2.28.